The van der Waals surface area contributed by atoms with Crippen LogP contribution in [0.2, 0.25) is 0 Å². The van der Waals surface area contributed by atoms with Gasteiger partial charge in [0.05, 0.1) is 0 Å². The molecule has 1 aromatic heterocycles. The number of aromatic nitrogens is 1. The summed E-state index contributed by atoms with van der Waals surface area (Å²) >= 11 is 0. The molecule has 0 saturated carbocycles. The summed E-state index contributed by atoms with van der Waals surface area (Å²) in [5, 5.41) is 3.47. The first kappa shape index (κ1) is 13.5. The molecule has 3 rings (SSSR count). The Bertz CT molecular complexity index is 678. The van der Waals surface area contributed by atoms with Gasteiger partial charge >= 0.3 is 0 Å². The number of hydrogen-bond donors (Lipinski definition) is 1. The van der Waals surface area contributed by atoms with Crippen LogP contribution in [0.1, 0.15) is 11.1 Å². The molecule has 3 aromatic rings. The van der Waals surface area contributed by atoms with Crippen molar-refractivity contribution in [3.63, 3.8) is 0 Å². The van der Waals surface area contributed by atoms with Gasteiger partial charge in [-0.1, -0.05) is 48.5 Å². The summed E-state index contributed by atoms with van der Waals surface area (Å²) < 4.78 is 0. The van der Waals surface area contributed by atoms with Gasteiger partial charge in [0.25, 0.3) is 0 Å². The van der Waals surface area contributed by atoms with E-state index in [0.717, 1.165) is 13.1 Å². The molecular weight excluding hydrogens is 256 g/mol. The molecule has 0 aliphatic carbocycles. The summed E-state index contributed by atoms with van der Waals surface area (Å²) in [5.74, 6) is 0. The number of hydrogen-bond acceptors (Lipinski definition) is 2. The van der Waals surface area contributed by atoms with E-state index in [0.29, 0.717) is 0 Å². The number of benzene rings is 2. The van der Waals surface area contributed by atoms with E-state index in [-0.39, 0.29) is 0 Å². The summed E-state index contributed by atoms with van der Waals surface area (Å²) in [6.45, 7) is 1.72. The molecule has 2 nitrogen and oxygen atoms in total. The molecule has 0 atom stereocenters. The van der Waals surface area contributed by atoms with Crippen LogP contribution >= 0.6 is 0 Å². The van der Waals surface area contributed by atoms with Gasteiger partial charge in [-0.3, -0.25) is 4.98 Å². The minimum Gasteiger partial charge on any atom is -0.309 e. The Morgan fingerprint density at radius 1 is 0.667 bits per heavy atom. The quantitative estimate of drug-likeness (QED) is 0.759. The number of nitrogens with one attached hydrogen (secondary N) is 1. The van der Waals surface area contributed by atoms with Gasteiger partial charge in [-0.25, -0.2) is 0 Å². The zero-order valence-electron chi connectivity index (χ0n) is 11.9. The van der Waals surface area contributed by atoms with Crippen molar-refractivity contribution in [3.05, 3.63) is 90.3 Å². The normalized spacial score (nSPS) is 10.5. The van der Waals surface area contributed by atoms with Gasteiger partial charge in [-0.05, 0) is 40.5 Å². The molecule has 1 N–H and O–H groups in total. The zero-order chi connectivity index (χ0) is 14.3. The predicted octanol–water partition coefficient (Wildman–Crippen LogP) is 4.04. The van der Waals surface area contributed by atoms with Gasteiger partial charge in [0.1, 0.15) is 0 Å². The van der Waals surface area contributed by atoms with E-state index in [9.17, 15) is 0 Å². The first-order chi connectivity index (χ1) is 10.4. The highest BCUT2D eigenvalue weighted by Gasteiger charge is 1.99. The Balaban J connectivity index is 1.64. The molecule has 21 heavy (non-hydrogen) atoms. The van der Waals surface area contributed by atoms with Gasteiger partial charge in [-0.2, -0.15) is 0 Å². The second-order valence-corrected chi connectivity index (χ2v) is 5.03. The van der Waals surface area contributed by atoms with Gasteiger partial charge in [-0.15, -0.1) is 0 Å². The molecule has 0 unspecified atom stereocenters. The molecule has 0 amide bonds. The van der Waals surface area contributed by atoms with Gasteiger partial charge in [0, 0.05) is 25.5 Å². The summed E-state index contributed by atoms with van der Waals surface area (Å²) in [6.07, 6.45) is 3.65. The highest BCUT2D eigenvalue weighted by Crippen LogP contribution is 2.19. The fraction of sp³-hybridized carbons (Fsp3) is 0.105. The van der Waals surface area contributed by atoms with Gasteiger partial charge < -0.3 is 5.32 Å². The summed E-state index contributed by atoms with van der Waals surface area (Å²) in [4.78, 5) is 4.03. The molecule has 0 fully saturated rings. The third kappa shape index (κ3) is 3.77. The molecule has 2 aromatic carbocycles. The lowest BCUT2D eigenvalue weighted by Gasteiger charge is -2.07. The highest BCUT2D eigenvalue weighted by molar-refractivity contribution is 5.63. The fourth-order valence-electron chi connectivity index (χ4n) is 2.34. The average Bonchev–Trinajstić information content (AvgIpc) is 2.57. The first-order valence-electron chi connectivity index (χ1n) is 7.16. The van der Waals surface area contributed by atoms with E-state index in [1.807, 2.05) is 30.6 Å². The second-order valence-electron chi connectivity index (χ2n) is 5.03. The van der Waals surface area contributed by atoms with E-state index >= 15 is 0 Å². The second kappa shape index (κ2) is 6.82. The molecular formula is C19H18N2. The smallest absolute Gasteiger partial charge is 0.0271 e. The zero-order valence-corrected chi connectivity index (χ0v) is 11.9. The molecule has 104 valence electrons. The molecule has 2 heteroatoms. The van der Waals surface area contributed by atoms with E-state index in [4.69, 9.17) is 0 Å². The Labute approximate surface area is 125 Å². The minimum absolute atomic E-state index is 0.859. The Kier molecular flexibility index (Phi) is 4.39. The molecule has 0 aliphatic rings. The third-order valence-corrected chi connectivity index (χ3v) is 3.44. The van der Waals surface area contributed by atoms with Crippen molar-refractivity contribution in [2.75, 3.05) is 0 Å². The lowest BCUT2D eigenvalue weighted by molar-refractivity contribution is 0.693. The Hall–Kier alpha value is -2.45. The molecule has 1 heterocycles. The standard InChI is InChI=1S/C19H18N2/c1-2-6-18(7-3-1)19-8-4-5-17(13-19)15-21-14-16-9-11-20-12-10-16/h1-13,21H,14-15H2. The van der Waals surface area contributed by atoms with Crippen molar-refractivity contribution in [2.24, 2.45) is 0 Å². The summed E-state index contributed by atoms with van der Waals surface area (Å²) in [5.41, 5.74) is 5.07. The number of pyridine rings is 1. The molecule has 0 aliphatic heterocycles. The lowest BCUT2D eigenvalue weighted by Crippen LogP contribution is -2.12. The van der Waals surface area contributed by atoms with Crippen LogP contribution in [0.3, 0.4) is 0 Å². The van der Waals surface area contributed by atoms with Crippen LogP contribution in [0.15, 0.2) is 79.1 Å². The molecule has 0 radical (unpaired) electrons. The van der Waals surface area contributed by atoms with Crippen LogP contribution in [-0.4, -0.2) is 4.98 Å². The van der Waals surface area contributed by atoms with Crippen molar-refractivity contribution in [2.45, 2.75) is 13.1 Å². The van der Waals surface area contributed by atoms with Gasteiger partial charge in [0.15, 0.2) is 0 Å². The van der Waals surface area contributed by atoms with E-state index < -0.39 is 0 Å². The van der Waals surface area contributed by atoms with Crippen LogP contribution in [0, 0.1) is 0 Å². The number of rotatable bonds is 5. The van der Waals surface area contributed by atoms with Crippen molar-refractivity contribution in [3.8, 4) is 11.1 Å². The topological polar surface area (TPSA) is 24.9 Å². The van der Waals surface area contributed by atoms with Crippen LogP contribution in [0.5, 0.6) is 0 Å². The Morgan fingerprint density at radius 3 is 2.19 bits per heavy atom. The molecule has 0 spiro atoms. The summed E-state index contributed by atoms with van der Waals surface area (Å²) in [6, 6.07) is 23.2. The van der Waals surface area contributed by atoms with Crippen LogP contribution in [-0.2, 0) is 13.1 Å². The van der Waals surface area contributed by atoms with E-state index in [2.05, 4.69) is 58.8 Å². The maximum Gasteiger partial charge on any atom is 0.0271 e. The van der Waals surface area contributed by atoms with Crippen LogP contribution < -0.4 is 5.32 Å². The van der Waals surface area contributed by atoms with Crippen molar-refractivity contribution < 1.29 is 0 Å². The maximum atomic E-state index is 4.03. The number of nitrogens with zero attached hydrogens (tertiary/aromatic N) is 1. The van der Waals surface area contributed by atoms with Crippen molar-refractivity contribution in [1.82, 2.24) is 10.3 Å². The van der Waals surface area contributed by atoms with Crippen LogP contribution in [0.4, 0.5) is 0 Å². The minimum atomic E-state index is 0.859. The fourth-order valence-corrected chi connectivity index (χ4v) is 2.34. The predicted molar refractivity (Wildman–Crippen MR) is 86.7 cm³/mol. The Morgan fingerprint density at radius 2 is 1.38 bits per heavy atom. The third-order valence-electron chi connectivity index (χ3n) is 3.44. The maximum absolute atomic E-state index is 4.03. The SMILES string of the molecule is c1ccc(-c2cccc(CNCc3ccncc3)c2)cc1. The van der Waals surface area contributed by atoms with Gasteiger partial charge in [0.2, 0.25) is 0 Å². The molecule has 0 saturated heterocycles. The summed E-state index contributed by atoms with van der Waals surface area (Å²) in [7, 11) is 0. The van der Waals surface area contributed by atoms with E-state index in [1.165, 1.54) is 22.3 Å². The van der Waals surface area contributed by atoms with E-state index in [1.54, 1.807) is 0 Å². The molecule has 0 bridgehead atoms. The monoisotopic (exact) mass is 274 g/mol. The van der Waals surface area contributed by atoms with Crippen molar-refractivity contribution in [1.29, 1.82) is 0 Å². The van der Waals surface area contributed by atoms with Crippen LogP contribution in [0.25, 0.3) is 11.1 Å². The van der Waals surface area contributed by atoms with Crippen molar-refractivity contribution >= 4 is 0 Å². The average molecular weight is 274 g/mol. The lowest BCUT2D eigenvalue weighted by atomic mass is 10.0. The largest absolute Gasteiger partial charge is 0.309 e. The first-order valence-corrected chi connectivity index (χ1v) is 7.16. The highest BCUT2D eigenvalue weighted by atomic mass is 14.8.